The normalized spacial score (nSPS) is 15.5. The maximum atomic E-state index is 12.7. The fraction of sp³-hybridized carbons (Fsp3) is 0.354. The lowest BCUT2D eigenvalue weighted by Crippen LogP contribution is -2.27. The highest BCUT2D eigenvalue weighted by Crippen LogP contribution is 2.34. The Balaban J connectivity index is 0.000000170. The molecule has 6 aromatic heterocycles. The van der Waals surface area contributed by atoms with Crippen molar-refractivity contribution in [3.05, 3.63) is 179 Å². The number of fused-ring (bicyclic) bond motifs is 3. The average molecular weight is 1440 g/mol. The van der Waals surface area contributed by atoms with E-state index < -0.39 is 0 Å². The summed E-state index contributed by atoms with van der Waals surface area (Å²) in [7, 11) is 17.5. The Morgan fingerprint density at radius 3 is 1.01 bits per heavy atom. The van der Waals surface area contributed by atoms with Gasteiger partial charge in [-0.2, -0.15) is 0 Å². The number of nitrogens with two attached hydrogens (primary N) is 3. The Hall–Kier alpha value is -12.1. The second kappa shape index (κ2) is 35.9. The Morgan fingerprint density at radius 1 is 0.462 bits per heavy atom. The molecule has 3 atom stereocenters. The SMILES string of the molecule is COc1cc(C#Cc2nc([C@@H]3CCN(C(=O)/C=C/CN(C)C)C3)n3ccnc(N)c23)cc(OC)c1.COc1cc(C#Cc2nc([C@H]3CCN(C(=O)/C=C/CN(C)C)C3)n3ccnc(N)c23)cc(OC)c1.COc1cc(C#Cc2nc([C@H]3CCN(C(=O)/C=C/CNC(C)C)C3)n3ccnc(N)c23)cc(OC)c1. The molecule has 3 aliphatic heterocycles. The van der Waals surface area contributed by atoms with Crippen LogP contribution in [0.5, 0.6) is 34.5 Å². The third-order valence-electron chi connectivity index (χ3n) is 17.8. The van der Waals surface area contributed by atoms with Crippen LogP contribution in [0.1, 0.15) is 102 Å². The first-order valence-electron chi connectivity index (χ1n) is 34.7. The molecule has 9 heterocycles. The summed E-state index contributed by atoms with van der Waals surface area (Å²) in [5.41, 5.74) is 24.5. The number of benzene rings is 3. The summed E-state index contributed by atoms with van der Waals surface area (Å²) < 4.78 is 37.9. The zero-order chi connectivity index (χ0) is 75.6. The first-order chi connectivity index (χ1) is 51.2. The molecule has 0 bridgehead atoms. The second-order valence-corrected chi connectivity index (χ2v) is 26.2. The van der Waals surface area contributed by atoms with Crippen LogP contribution < -0.4 is 50.9 Å². The van der Waals surface area contributed by atoms with Crippen molar-refractivity contribution in [3.8, 4) is 70.0 Å². The number of nitrogens with one attached hydrogen (secondary N) is 1. The molecule has 3 amide bonds. The molecular formula is C79H92N18O9. The highest BCUT2D eigenvalue weighted by atomic mass is 16.5. The topological polar surface area (TPSA) is 303 Å². The number of methoxy groups -OCH3 is 6. The van der Waals surface area contributed by atoms with Crippen LogP contribution in [0.25, 0.3) is 16.6 Å². The molecule has 7 N–H and O–H groups in total. The van der Waals surface area contributed by atoms with Gasteiger partial charge in [-0.05, 0) is 102 Å². The Morgan fingerprint density at radius 2 is 0.745 bits per heavy atom. The number of likely N-dealkylation sites (tertiary alicyclic amines) is 3. The summed E-state index contributed by atoms with van der Waals surface area (Å²) in [6.45, 7) is 10.0. The van der Waals surface area contributed by atoms with E-state index in [-0.39, 0.29) is 35.5 Å². The number of hydrogen-bond acceptors (Lipinski definition) is 21. The van der Waals surface area contributed by atoms with Gasteiger partial charge in [-0.25, -0.2) is 29.9 Å². The number of aromatic nitrogens is 9. The van der Waals surface area contributed by atoms with E-state index in [9.17, 15) is 14.4 Å². The maximum Gasteiger partial charge on any atom is 0.246 e. The standard InChI is InChI=1S/C27H32N6O3.2C26H30N6O3/c1-18(2)29-10-5-6-24(34)32-12-9-20(17-32)27-31-23(25-26(28)30-11-13-33(25)27)8-7-19-14-21(35-3)16-22(15-19)36-4;2*1-30(2)11-5-6-23(33)31-12-9-19(17-31)26-29-22(24-25(27)28-10-13-32(24)26)8-7-18-14-20(34-3)16-21(15-18)35-4/h5-6,11,13-16,18,20,29H,9-10,12,17H2,1-4H3,(H2,28,30);2*5-6,10,13-16,19H,9,11-12,17H2,1-4H3,(H2,27,28)/b3*6-5+/t20-;2*19-/m010/s1. The molecule has 552 valence electrons. The minimum Gasteiger partial charge on any atom is -0.497 e. The van der Waals surface area contributed by atoms with Gasteiger partial charge in [0.15, 0.2) is 17.5 Å². The van der Waals surface area contributed by atoms with E-state index in [4.69, 9.17) is 60.6 Å². The predicted octanol–water partition coefficient (Wildman–Crippen LogP) is 6.92. The zero-order valence-electron chi connectivity index (χ0n) is 62.1. The number of rotatable bonds is 19. The van der Waals surface area contributed by atoms with E-state index in [0.29, 0.717) is 137 Å². The van der Waals surface area contributed by atoms with E-state index in [1.54, 1.807) is 97.7 Å². The summed E-state index contributed by atoms with van der Waals surface area (Å²) in [4.78, 5) is 74.8. The number of hydrogen-bond donors (Lipinski definition) is 4. The predicted molar refractivity (Wildman–Crippen MR) is 408 cm³/mol. The molecule has 3 aliphatic rings. The average Bonchev–Trinajstić information content (AvgIpc) is 1.63. The van der Waals surface area contributed by atoms with Gasteiger partial charge in [0, 0.05) is 173 Å². The van der Waals surface area contributed by atoms with E-state index in [1.807, 2.05) is 139 Å². The molecule has 0 saturated carbocycles. The van der Waals surface area contributed by atoms with E-state index in [2.05, 4.69) is 69.6 Å². The first-order valence-corrected chi connectivity index (χ1v) is 34.7. The zero-order valence-corrected chi connectivity index (χ0v) is 62.1. The molecule has 0 aliphatic carbocycles. The summed E-state index contributed by atoms with van der Waals surface area (Å²) in [6.07, 6.45) is 23.5. The molecule has 0 spiro atoms. The molecule has 27 heteroatoms. The van der Waals surface area contributed by atoms with Gasteiger partial charge in [0.05, 0.1) is 42.7 Å². The highest BCUT2D eigenvalue weighted by molar-refractivity contribution is 5.89. The van der Waals surface area contributed by atoms with Gasteiger partial charge < -0.3 is 75.4 Å². The molecule has 3 aromatic carbocycles. The number of imidazole rings is 3. The van der Waals surface area contributed by atoms with Crippen LogP contribution in [-0.4, -0.2) is 221 Å². The van der Waals surface area contributed by atoms with Gasteiger partial charge >= 0.3 is 0 Å². The molecule has 106 heavy (non-hydrogen) atoms. The number of anilines is 3. The first kappa shape index (κ1) is 76.5. The van der Waals surface area contributed by atoms with Crippen LogP contribution in [0, 0.1) is 35.5 Å². The summed E-state index contributed by atoms with van der Waals surface area (Å²) in [6, 6.07) is 16.8. The van der Waals surface area contributed by atoms with Gasteiger partial charge in [0.2, 0.25) is 17.7 Å². The molecule has 12 rings (SSSR count). The van der Waals surface area contributed by atoms with Gasteiger partial charge in [0.1, 0.15) is 85.6 Å². The Kier molecular flexibility index (Phi) is 25.9. The number of carbonyl (C=O) groups is 3. The van der Waals surface area contributed by atoms with Crippen LogP contribution in [0.4, 0.5) is 17.5 Å². The molecule has 27 nitrogen and oxygen atoms in total. The summed E-state index contributed by atoms with van der Waals surface area (Å²) in [5.74, 6) is 26.6. The molecule has 0 radical (unpaired) electrons. The van der Waals surface area contributed by atoms with Crippen LogP contribution in [0.3, 0.4) is 0 Å². The van der Waals surface area contributed by atoms with E-state index in [1.165, 1.54) is 0 Å². The third-order valence-corrected chi connectivity index (χ3v) is 17.8. The number of carbonyl (C=O) groups excluding carboxylic acids is 3. The Labute approximate surface area is 618 Å². The molecule has 0 unspecified atom stereocenters. The Bertz CT molecular complexity index is 4670. The number of nitrogens with zero attached hydrogens (tertiary/aromatic N) is 14. The lowest BCUT2D eigenvalue weighted by Gasteiger charge is -2.14. The van der Waals surface area contributed by atoms with Crippen molar-refractivity contribution in [1.82, 2.24) is 72.9 Å². The van der Waals surface area contributed by atoms with Crippen LogP contribution in [0.15, 0.2) is 128 Å². The van der Waals surface area contributed by atoms with Gasteiger partial charge in [0.25, 0.3) is 0 Å². The minimum atomic E-state index is 0.0112. The summed E-state index contributed by atoms with van der Waals surface area (Å²) >= 11 is 0. The quantitative estimate of drug-likeness (QED) is 0.0471. The number of nitrogen functional groups attached to an aromatic ring is 3. The summed E-state index contributed by atoms with van der Waals surface area (Å²) in [5, 5.41) is 3.28. The van der Waals surface area contributed by atoms with Gasteiger partial charge in [-0.15, -0.1) is 0 Å². The van der Waals surface area contributed by atoms with E-state index >= 15 is 0 Å². The monoisotopic (exact) mass is 1440 g/mol. The minimum absolute atomic E-state index is 0.0112. The van der Waals surface area contributed by atoms with Crippen molar-refractivity contribution >= 4 is 51.7 Å². The molecule has 3 fully saturated rings. The number of likely N-dealkylation sites (N-methyl/N-ethyl adjacent to an activating group) is 2. The van der Waals surface area contributed by atoms with Gasteiger partial charge in [-0.1, -0.05) is 49.8 Å². The largest absolute Gasteiger partial charge is 0.497 e. The van der Waals surface area contributed by atoms with Crippen LogP contribution >= 0.6 is 0 Å². The third kappa shape index (κ3) is 19.2. The van der Waals surface area contributed by atoms with Crippen molar-refractivity contribution in [3.63, 3.8) is 0 Å². The fourth-order valence-corrected chi connectivity index (χ4v) is 12.4. The van der Waals surface area contributed by atoms with E-state index in [0.717, 1.165) is 66.5 Å². The van der Waals surface area contributed by atoms with Crippen LogP contribution in [-0.2, 0) is 14.4 Å². The fourth-order valence-electron chi connectivity index (χ4n) is 12.4. The van der Waals surface area contributed by atoms with Crippen molar-refractivity contribution in [2.45, 2.75) is 56.9 Å². The van der Waals surface area contributed by atoms with Crippen LogP contribution in [0.2, 0.25) is 0 Å². The van der Waals surface area contributed by atoms with Crippen molar-refractivity contribution in [1.29, 1.82) is 0 Å². The smallest absolute Gasteiger partial charge is 0.246 e. The molecule has 9 aromatic rings. The number of ether oxygens (including phenoxy) is 6. The highest BCUT2D eigenvalue weighted by Gasteiger charge is 2.34. The maximum absolute atomic E-state index is 12.7. The lowest BCUT2D eigenvalue weighted by molar-refractivity contribution is -0.125. The number of amides is 3. The van der Waals surface area contributed by atoms with Crippen molar-refractivity contribution < 1.29 is 42.8 Å². The van der Waals surface area contributed by atoms with Crippen molar-refractivity contribution in [2.75, 3.05) is 147 Å². The van der Waals surface area contributed by atoms with Crippen molar-refractivity contribution in [2.24, 2.45) is 0 Å². The molecular weight excluding hydrogens is 1340 g/mol. The molecule has 3 saturated heterocycles. The van der Waals surface area contributed by atoms with Gasteiger partial charge in [-0.3, -0.25) is 27.6 Å². The lowest BCUT2D eigenvalue weighted by atomic mass is 10.1. The second-order valence-electron chi connectivity index (χ2n) is 26.2.